The summed E-state index contributed by atoms with van der Waals surface area (Å²) in [7, 11) is 0. The van der Waals surface area contributed by atoms with Crippen molar-refractivity contribution in [3.8, 4) is 33.4 Å². The minimum Gasteiger partial charge on any atom is -0.456 e. The predicted octanol–water partition coefficient (Wildman–Crippen LogP) is 17.0. The van der Waals surface area contributed by atoms with Crippen molar-refractivity contribution < 1.29 is 4.42 Å². The van der Waals surface area contributed by atoms with E-state index >= 15 is 0 Å². The van der Waals surface area contributed by atoms with Crippen LogP contribution in [0, 0.1) is 0 Å². The molecular weight excluding hydrogens is 777 g/mol. The summed E-state index contributed by atoms with van der Waals surface area (Å²) in [5.74, 6) is 0. The van der Waals surface area contributed by atoms with Crippen molar-refractivity contribution in [2.24, 2.45) is 0 Å². The lowest BCUT2D eigenvalue weighted by Crippen LogP contribution is -2.16. The smallest absolute Gasteiger partial charge is 0.135 e. The van der Waals surface area contributed by atoms with Crippen molar-refractivity contribution in [2.45, 2.75) is 19.3 Å². The molecule has 0 spiro atoms. The summed E-state index contributed by atoms with van der Waals surface area (Å²) < 4.78 is 8.65. The van der Waals surface area contributed by atoms with Gasteiger partial charge in [-0.2, -0.15) is 0 Å². The summed E-state index contributed by atoms with van der Waals surface area (Å²) >= 11 is 0. The fourth-order valence-corrected chi connectivity index (χ4v) is 11.3. The van der Waals surface area contributed by atoms with Crippen LogP contribution in [0.5, 0.6) is 0 Å². The van der Waals surface area contributed by atoms with Crippen molar-refractivity contribution in [3.63, 3.8) is 0 Å². The van der Waals surface area contributed by atoms with Gasteiger partial charge in [0.2, 0.25) is 0 Å². The summed E-state index contributed by atoms with van der Waals surface area (Å²) in [4.78, 5) is 2.42. The second-order valence-corrected chi connectivity index (χ2v) is 18.1. The molecule has 64 heavy (non-hydrogen) atoms. The Balaban J connectivity index is 0.927. The van der Waals surface area contributed by atoms with Crippen molar-refractivity contribution in [1.82, 2.24) is 4.40 Å². The van der Waals surface area contributed by atoms with Crippen molar-refractivity contribution >= 4 is 87.9 Å². The molecule has 0 radical (unpaired) electrons. The molecule has 1 aliphatic carbocycles. The summed E-state index contributed by atoms with van der Waals surface area (Å²) in [6, 6.07) is 76.0. The van der Waals surface area contributed by atoms with Gasteiger partial charge in [-0.3, -0.25) is 0 Å². The second-order valence-electron chi connectivity index (χ2n) is 18.1. The van der Waals surface area contributed by atoms with E-state index in [0.717, 1.165) is 50.1 Å². The number of fused-ring (bicyclic) bond motifs is 12. The lowest BCUT2D eigenvalue weighted by Gasteiger charge is -2.28. The average molecular weight is 817 g/mol. The van der Waals surface area contributed by atoms with Crippen LogP contribution in [0.2, 0.25) is 0 Å². The minimum absolute atomic E-state index is 0.123. The summed E-state index contributed by atoms with van der Waals surface area (Å²) in [6.07, 6.45) is 0. The molecule has 0 amide bonds. The van der Waals surface area contributed by atoms with Gasteiger partial charge in [0.05, 0.1) is 16.6 Å². The van der Waals surface area contributed by atoms with E-state index in [1.54, 1.807) is 0 Å². The number of aromatic nitrogens is 1. The quantitative estimate of drug-likeness (QED) is 0.127. The van der Waals surface area contributed by atoms with Gasteiger partial charge in [-0.05, 0) is 128 Å². The molecule has 0 fully saturated rings. The molecule has 0 bridgehead atoms. The third-order valence-electron chi connectivity index (χ3n) is 14.3. The maximum absolute atomic E-state index is 6.17. The maximum Gasteiger partial charge on any atom is 0.135 e. The van der Waals surface area contributed by atoms with Crippen LogP contribution in [0.25, 0.3) is 104 Å². The molecule has 0 saturated carbocycles. The van der Waals surface area contributed by atoms with Crippen LogP contribution < -0.4 is 4.90 Å². The van der Waals surface area contributed by atoms with Gasteiger partial charge in [-0.1, -0.05) is 147 Å². The number of rotatable bonds is 5. The Morgan fingerprint density at radius 1 is 0.375 bits per heavy atom. The summed E-state index contributed by atoms with van der Waals surface area (Å²) in [6.45, 7) is 4.72. The Labute approximate surface area is 370 Å². The van der Waals surface area contributed by atoms with Gasteiger partial charge >= 0.3 is 0 Å². The van der Waals surface area contributed by atoms with Gasteiger partial charge in [0.1, 0.15) is 11.2 Å². The maximum atomic E-state index is 6.17. The number of para-hydroxylation sites is 3. The first-order valence-electron chi connectivity index (χ1n) is 22.2. The van der Waals surface area contributed by atoms with Crippen LogP contribution in [0.3, 0.4) is 0 Å². The van der Waals surface area contributed by atoms with Gasteiger partial charge in [0, 0.05) is 54.8 Å². The monoisotopic (exact) mass is 816 g/mol. The van der Waals surface area contributed by atoms with E-state index in [2.05, 4.69) is 217 Å². The van der Waals surface area contributed by atoms with E-state index < -0.39 is 0 Å². The molecule has 14 rings (SSSR count). The van der Waals surface area contributed by atoms with Gasteiger partial charge in [0.15, 0.2) is 0 Å². The zero-order chi connectivity index (χ0) is 42.3. The second kappa shape index (κ2) is 12.9. The average Bonchev–Trinajstić information content (AvgIpc) is 3.97. The van der Waals surface area contributed by atoms with Crippen LogP contribution in [0.4, 0.5) is 17.1 Å². The molecule has 3 heterocycles. The highest BCUT2D eigenvalue weighted by Crippen LogP contribution is 2.51. The van der Waals surface area contributed by atoms with E-state index in [9.17, 15) is 0 Å². The fraction of sp³-hybridized carbons (Fsp3) is 0.0492. The molecule has 0 N–H and O–H groups in total. The number of hydrogen-bond donors (Lipinski definition) is 0. The molecule has 300 valence electrons. The van der Waals surface area contributed by atoms with E-state index in [4.69, 9.17) is 4.42 Å². The van der Waals surface area contributed by atoms with Crippen molar-refractivity contribution in [1.29, 1.82) is 0 Å². The fourth-order valence-electron chi connectivity index (χ4n) is 11.3. The first kappa shape index (κ1) is 35.5. The Bertz CT molecular complexity index is 4030. The zero-order valence-corrected chi connectivity index (χ0v) is 35.4. The molecule has 0 aliphatic heterocycles. The largest absolute Gasteiger partial charge is 0.456 e. The normalized spacial score (nSPS) is 13.3. The highest BCUT2D eigenvalue weighted by molar-refractivity contribution is 6.31. The number of anilines is 3. The van der Waals surface area contributed by atoms with E-state index in [1.807, 2.05) is 12.1 Å². The summed E-state index contributed by atoms with van der Waals surface area (Å²) in [5.41, 5.74) is 19.0. The highest BCUT2D eigenvalue weighted by Gasteiger charge is 2.36. The molecule has 3 nitrogen and oxygen atoms in total. The third kappa shape index (κ3) is 4.87. The predicted molar refractivity (Wildman–Crippen MR) is 269 cm³/mol. The van der Waals surface area contributed by atoms with Crippen LogP contribution in [0.15, 0.2) is 211 Å². The van der Waals surface area contributed by atoms with Crippen molar-refractivity contribution in [2.75, 3.05) is 4.90 Å². The molecule has 3 aromatic heterocycles. The summed E-state index contributed by atoms with van der Waals surface area (Å²) in [5, 5.41) is 9.99. The van der Waals surface area contributed by atoms with E-state index in [-0.39, 0.29) is 5.41 Å². The highest BCUT2D eigenvalue weighted by atomic mass is 16.3. The van der Waals surface area contributed by atoms with E-state index in [1.165, 1.54) is 82.2 Å². The van der Waals surface area contributed by atoms with Gasteiger partial charge in [-0.15, -0.1) is 0 Å². The minimum atomic E-state index is -0.123. The zero-order valence-electron chi connectivity index (χ0n) is 35.4. The molecule has 13 aromatic rings. The molecule has 3 heteroatoms. The number of nitrogens with zero attached hydrogens (tertiary/aromatic N) is 2. The number of hydrogen-bond acceptors (Lipinski definition) is 2. The molecule has 1 aliphatic rings. The first-order chi connectivity index (χ1) is 31.5. The lowest BCUT2D eigenvalue weighted by molar-refractivity contribution is 0.660. The standard InChI is InChI=1S/C61H40N2O/c1-61(2)53-18-7-3-12-43(53)44-32-31-42(35-54(44)61)62(40-27-22-37(23-28-40)39-26-33-58-51(34-39)47-15-6-10-21-57(47)64-58)41-29-24-38(25-30-41)50-36-52-46-14-5-9-20-56(46)63-55-19-8-4-13-45(55)48-16-11-17-49(50)59(48)60(52)63/h3-36H,1-2H3. The van der Waals surface area contributed by atoms with Crippen molar-refractivity contribution in [3.05, 3.63) is 217 Å². The number of benzene rings is 10. The Morgan fingerprint density at radius 2 is 0.953 bits per heavy atom. The van der Waals surface area contributed by atoms with Gasteiger partial charge in [-0.25, -0.2) is 0 Å². The van der Waals surface area contributed by atoms with Crippen LogP contribution in [-0.4, -0.2) is 4.40 Å². The molecule has 10 aromatic carbocycles. The Hall–Kier alpha value is -8.14. The van der Waals surface area contributed by atoms with Gasteiger partial charge < -0.3 is 13.7 Å². The SMILES string of the molecule is CC1(C)c2ccccc2-c2ccc(N(c3ccc(-c4ccc5oc6ccccc6c5c4)cc3)c3ccc(-c4cc5c6ccccc6n6c7ccccc7c7cccc4c7c56)cc3)cc21. The molecule has 0 saturated heterocycles. The number of pyridine rings is 1. The molecule has 0 atom stereocenters. The molecule has 0 unspecified atom stereocenters. The van der Waals surface area contributed by atoms with Crippen LogP contribution in [0.1, 0.15) is 25.0 Å². The Kier molecular flexibility index (Phi) is 7.17. The van der Waals surface area contributed by atoms with Crippen LogP contribution >= 0.6 is 0 Å². The third-order valence-corrected chi connectivity index (χ3v) is 14.3. The van der Waals surface area contributed by atoms with Gasteiger partial charge in [0.25, 0.3) is 0 Å². The van der Waals surface area contributed by atoms with Crippen LogP contribution in [-0.2, 0) is 5.41 Å². The Morgan fingerprint density at radius 3 is 1.73 bits per heavy atom. The first-order valence-corrected chi connectivity index (χ1v) is 22.2. The van der Waals surface area contributed by atoms with E-state index in [0.29, 0.717) is 0 Å². The lowest BCUT2D eigenvalue weighted by atomic mass is 9.82. The molecular formula is C61H40N2O. The topological polar surface area (TPSA) is 20.8 Å². The number of furan rings is 1.